The summed E-state index contributed by atoms with van der Waals surface area (Å²) in [6.45, 7) is 7.28. The number of ether oxygens (including phenoxy) is 3. The number of rotatable bonds is 8. The summed E-state index contributed by atoms with van der Waals surface area (Å²) in [6, 6.07) is 24.7. The fourth-order valence-electron chi connectivity index (χ4n) is 12.9. The number of carbonyl (C=O) groups is 3. The zero-order chi connectivity index (χ0) is 71.5. The zero-order valence-electron chi connectivity index (χ0n) is 53.5. The molecule has 0 bridgehead atoms. The molecule has 1 saturated carbocycles. The third-order valence-corrected chi connectivity index (χ3v) is 21.9. The maximum Gasteiger partial charge on any atom is 0.416 e. The Morgan fingerprint density at radius 3 is 1.13 bits per heavy atom. The van der Waals surface area contributed by atoms with Gasteiger partial charge in [-0.3, -0.25) is 28.5 Å². The molecular formula is C69H67F9N6O12S3. The van der Waals surface area contributed by atoms with Crippen molar-refractivity contribution in [2.24, 2.45) is 0 Å². The van der Waals surface area contributed by atoms with Gasteiger partial charge in [-0.05, 0) is 155 Å². The van der Waals surface area contributed by atoms with E-state index in [1.54, 1.807) is 68.4 Å². The first-order valence-corrected chi connectivity index (χ1v) is 36.4. The van der Waals surface area contributed by atoms with Crippen molar-refractivity contribution in [2.45, 2.75) is 134 Å². The number of hydrogen-bond acceptors (Lipinski definition) is 12. The Morgan fingerprint density at radius 2 is 0.798 bits per heavy atom. The molecule has 6 heterocycles. The van der Waals surface area contributed by atoms with Gasteiger partial charge in [0.2, 0.25) is 47.8 Å². The van der Waals surface area contributed by atoms with Crippen LogP contribution in [0, 0.1) is 0 Å². The summed E-state index contributed by atoms with van der Waals surface area (Å²) in [4.78, 5) is 38.7. The molecule has 18 nitrogen and oxygen atoms in total. The Kier molecular flexibility index (Phi) is 19.1. The molecule has 0 radical (unpaired) electrons. The third kappa shape index (κ3) is 16.3. The number of alkyl halides is 9. The minimum absolute atomic E-state index is 0.0709. The van der Waals surface area contributed by atoms with Gasteiger partial charge in [0.15, 0.2) is 0 Å². The Bertz CT molecular complexity index is 4710. The van der Waals surface area contributed by atoms with Crippen molar-refractivity contribution in [1.29, 1.82) is 0 Å². The Labute approximate surface area is 565 Å². The predicted octanol–water partition coefficient (Wildman–Crippen LogP) is 14.7. The van der Waals surface area contributed by atoms with Crippen molar-refractivity contribution in [1.82, 2.24) is 0 Å². The van der Waals surface area contributed by atoms with Crippen LogP contribution in [0.15, 0.2) is 127 Å². The lowest BCUT2D eigenvalue weighted by Crippen LogP contribution is -2.45. The van der Waals surface area contributed by atoms with E-state index in [1.807, 2.05) is 13.8 Å². The number of hydrogen-bond donors (Lipinski definition) is 6. The van der Waals surface area contributed by atoms with Crippen LogP contribution in [0.5, 0.6) is 17.2 Å². The van der Waals surface area contributed by atoms with Crippen LogP contribution in [0.1, 0.15) is 129 Å². The molecule has 0 atom stereocenters. The second-order valence-electron chi connectivity index (χ2n) is 25.6. The van der Waals surface area contributed by atoms with Crippen molar-refractivity contribution in [3.63, 3.8) is 0 Å². The molecule has 1 fully saturated rings. The average molecular weight is 1440 g/mol. The molecule has 6 aliphatic heterocycles. The average Bonchev–Trinajstić information content (AvgIpc) is 0.761. The first-order chi connectivity index (χ1) is 46.3. The summed E-state index contributed by atoms with van der Waals surface area (Å²) in [7, 11) is -10.2. The van der Waals surface area contributed by atoms with Crippen molar-refractivity contribution in [3.05, 3.63) is 177 Å². The van der Waals surface area contributed by atoms with E-state index in [2.05, 4.69) is 30.1 Å². The van der Waals surface area contributed by atoms with Gasteiger partial charge in [0.1, 0.15) is 34.1 Å². The van der Waals surface area contributed by atoms with Crippen LogP contribution in [0.4, 0.5) is 73.6 Å². The van der Waals surface area contributed by atoms with Crippen LogP contribution in [0.2, 0.25) is 0 Å². The largest absolute Gasteiger partial charge is 0.487 e. The van der Waals surface area contributed by atoms with Gasteiger partial charge in [-0.15, -0.1) is 0 Å². The van der Waals surface area contributed by atoms with Gasteiger partial charge in [0, 0.05) is 87.9 Å². The second-order valence-corrected chi connectivity index (χ2v) is 31.2. The molecule has 0 aromatic heterocycles. The lowest BCUT2D eigenvalue weighted by atomic mass is 9.72. The summed E-state index contributed by atoms with van der Waals surface area (Å²) in [5, 5.41) is 8.37. The normalized spacial score (nSPS) is 20.2. The van der Waals surface area contributed by atoms with Crippen LogP contribution in [0.25, 0.3) is 16.7 Å². The van der Waals surface area contributed by atoms with Crippen LogP contribution in [-0.2, 0) is 82.2 Å². The molecular weight excluding hydrogens is 1370 g/mol. The number of sulfonamides is 3. The summed E-state index contributed by atoms with van der Waals surface area (Å²) in [6.07, 6.45) is -3.99. The topological polar surface area (TPSA) is 253 Å². The van der Waals surface area contributed by atoms with Gasteiger partial charge >= 0.3 is 18.5 Å². The minimum Gasteiger partial charge on any atom is -0.487 e. The smallest absolute Gasteiger partial charge is 0.416 e. The summed E-state index contributed by atoms with van der Waals surface area (Å²) in [5.41, 5.74) is 3.36. The third-order valence-electron chi connectivity index (χ3n) is 18.1. The Balaban J connectivity index is 0.000000150. The van der Waals surface area contributed by atoms with E-state index in [4.69, 9.17) is 14.2 Å². The molecule has 30 heteroatoms. The highest BCUT2D eigenvalue weighted by Crippen LogP contribution is 2.52. The van der Waals surface area contributed by atoms with Crippen molar-refractivity contribution in [3.8, 4) is 17.2 Å². The van der Waals surface area contributed by atoms with E-state index < -0.39 is 99.8 Å². The van der Waals surface area contributed by atoms with Crippen molar-refractivity contribution < 1.29 is 93.4 Å². The first kappa shape index (κ1) is 71.3. The molecule has 99 heavy (non-hydrogen) atoms. The number of anilines is 6. The SMILES string of the molecule is CC1(C)C/C(=C\C(=O)Nc2cccc3c2CCS(=O)(=O)N3)c2ccc(C(F)(F)F)cc2O1.CCC1(CC)C/C(=C\C(=O)Nc2cccc3c2CCS(=O)(=O)N3)c2ccc(C(F)(F)F)cc2O1.O=C(/C=C1\CC2(CCC2)Oc2cc(C(F)(F)F)ccc21)Nc1cccc2c1CCS(=O)(=O)N2. The molecule has 13 rings (SSSR count). The number of halogens is 9. The van der Waals surface area contributed by atoms with Crippen molar-refractivity contribution in [2.75, 3.05) is 47.4 Å². The molecule has 6 N–H and O–H groups in total. The zero-order valence-corrected chi connectivity index (χ0v) is 56.0. The predicted molar refractivity (Wildman–Crippen MR) is 357 cm³/mol. The van der Waals surface area contributed by atoms with Gasteiger partial charge in [0.25, 0.3) is 0 Å². The van der Waals surface area contributed by atoms with E-state index in [0.29, 0.717) is 129 Å². The first-order valence-electron chi connectivity index (χ1n) is 31.5. The number of amides is 3. The van der Waals surface area contributed by atoms with E-state index in [0.717, 1.165) is 42.8 Å². The molecule has 0 unspecified atom stereocenters. The summed E-state index contributed by atoms with van der Waals surface area (Å²) < 4.78 is 215. The number of carbonyl (C=O) groups excluding carboxylic acids is 3. The number of fused-ring (bicyclic) bond motifs is 6. The summed E-state index contributed by atoms with van der Waals surface area (Å²) >= 11 is 0. The van der Waals surface area contributed by atoms with E-state index in [1.165, 1.54) is 36.4 Å². The van der Waals surface area contributed by atoms with Gasteiger partial charge in [-0.2, -0.15) is 39.5 Å². The van der Waals surface area contributed by atoms with E-state index in [-0.39, 0.29) is 53.8 Å². The summed E-state index contributed by atoms with van der Waals surface area (Å²) in [5.74, 6) is -1.30. The Hall–Kier alpha value is -9.03. The molecule has 6 aromatic carbocycles. The van der Waals surface area contributed by atoms with Crippen LogP contribution >= 0.6 is 0 Å². The minimum atomic E-state index is -4.51. The van der Waals surface area contributed by atoms with Crippen molar-refractivity contribution >= 4 is 98.6 Å². The molecule has 7 aliphatic rings. The number of benzene rings is 6. The van der Waals surface area contributed by atoms with Gasteiger partial charge in [0.05, 0.1) is 51.0 Å². The van der Waals surface area contributed by atoms with Crippen LogP contribution in [-0.4, -0.2) is 77.0 Å². The maximum atomic E-state index is 13.3. The van der Waals surface area contributed by atoms with Crippen LogP contribution < -0.4 is 44.3 Å². The van der Waals surface area contributed by atoms with Gasteiger partial charge < -0.3 is 30.2 Å². The van der Waals surface area contributed by atoms with Crippen LogP contribution in [0.3, 0.4) is 0 Å². The monoisotopic (exact) mass is 1440 g/mol. The lowest BCUT2D eigenvalue weighted by molar-refractivity contribution is -0.138. The highest BCUT2D eigenvalue weighted by Gasteiger charge is 2.46. The lowest BCUT2D eigenvalue weighted by Gasteiger charge is -2.46. The Morgan fingerprint density at radius 1 is 0.465 bits per heavy atom. The molecule has 0 saturated heterocycles. The highest BCUT2D eigenvalue weighted by atomic mass is 32.2. The molecule has 1 aliphatic carbocycles. The molecule has 3 amide bonds. The van der Waals surface area contributed by atoms with Gasteiger partial charge in [-0.25, -0.2) is 25.3 Å². The fraction of sp³-hybridized carbons (Fsp3) is 0.348. The fourth-order valence-corrected chi connectivity index (χ4v) is 16.2. The maximum absolute atomic E-state index is 13.3. The second kappa shape index (κ2) is 26.6. The molecule has 6 aromatic rings. The molecule has 1 spiro atoms. The van der Waals surface area contributed by atoms with E-state index >= 15 is 0 Å². The highest BCUT2D eigenvalue weighted by molar-refractivity contribution is 7.93. The molecule has 526 valence electrons. The standard InChI is InChI=1S/C24H25F3N2O4S.C23H21F3N2O4S.C22H21F3N2O4S/c1-3-23(4-2)14-15(17-9-8-16(24(25,26)27)13-21(17)33-23)12-22(30)28-19-6-5-7-20-18(19)10-11-34(31,32)29-20;24-23(25,26)15-5-6-16-14(13-22(8-2-9-22)32-20(16)12-15)11-21(29)27-18-3-1-4-19-17(18)7-10-33(30,31)28-19;1-21(2)12-13(15-7-6-14(22(23,24)25)11-19(15)31-21)10-20(28)26-17-4-3-5-18-16(17)8-9-32(29,30)27-18/h5-9,12-13,29H,3-4,10-11,14H2,1-2H3,(H,28,30);1,3-6,11-12,28H,2,7-10,13H2,(H,27,29);3-7,10-11,27H,8-9,12H2,1-2H3,(H,26,28)/b15-12+;14-11+;13-10+. The van der Waals surface area contributed by atoms with E-state index in [9.17, 15) is 79.2 Å². The number of nitrogens with one attached hydrogen (secondary N) is 6. The quantitative estimate of drug-likeness (QED) is 0.0615. The van der Waals surface area contributed by atoms with Gasteiger partial charge in [-0.1, -0.05) is 50.2 Å².